The van der Waals surface area contributed by atoms with E-state index < -0.39 is 0 Å². The third kappa shape index (κ3) is 2.58. The van der Waals surface area contributed by atoms with Crippen molar-refractivity contribution in [1.29, 1.82) is 0 Å². The van der Waals surface area contributed by atoms with Gasteiger partial charge in [0, 0.05) is 23.3 Å². The predicted molar refractivity (Wildman–Crippen MR) is 83.7 cm³/mol. The Kier molecular flexibility index (Phi) is 3.54. The predicted octanol–water partition coefficient (Wildman–Crippen LogP) is 3.84. The van der Waals surface area contributed by atoms with Crippen LogP contribution in [0.5, 0.6) is 0 Å². The van der Waals surface area contributed by atoms with E-state index in [1.54, 1.807) is 31.5 Å². The average molecular weight is 298 g/mol. The van der Waals surface area contributed by atoms with Gasteiger partial charge in [-0.3, -0.25) is 14.8 Å². The summed E-state index contributed by atoms with van der Waals surface area (Å²) in [7, 11) is 0. The number of nitrogens with one attached hydrogen (secondary N) is 1. The summed E-state index contributed by atoms with van der Waals surface area (Å²) in [6.07, 6.45) is 3.31. The Bertz CT molecular complexity index is 827. The van der Waals surface area contributed by atoms with Gasteiger partial charge in [-0.05, 0) is 31.2 Å². The third-order valence-corrected chi connectivity index (χ3v) is 3.68. The number of carbonyl (C=O) groups excluding carboxylic acids is 1. The normalized spacial score (nSPS) is 10.6. The summed E-state index contributed by atoms with van der Waals surface area (Å²) in [5.74, 6) is -0.221. The number of nitrogens with zero attached hydrogens (tertiary/aromatic N) is 2. The van der Waals surface area contributed by atoms with Crippen LogP contribution in [0.2, 0.25) is 5.02 Å². The quantitative estimate of drug-likeness (QED) is 0.782. The maximum atomic E-state index is 12.5. The lowest BCUT2D eigenvalue weighted by molar-refractivity contribution is 0.102. The number of hydrogen-bond acceptors (Lipinski definition) is 3. The zero-order valence-corrected chi connectivity index (χ0v) is 12.1. The summed E-state index contributed by atoms with van der Waals surface area (Å²) in [6, 6.07) is 10.8. The molecule has 4 nitrogen and oxygen atoms in total. The van der Waals surface area contributed by atoms with Gasteiger partial charge in [0.2, 0.25) is 0 Å². The van der Waals surface area contributed by atoms with Gasteiger partial charge < -0.3 is 5.32 Å². The number of aromatic nitrogens is 2. The average Bonchev–Trinajstić information content (AvgIpc) is 2.51. The highest BCUT2D eigenvalue weighted by Gasteiger charge is 2.12. The number of halogens is 1. The minimum absolute atomic E-state index is 0.221. The van der Waals surface area contributed by atoms with Crippen molar-refractivity contribution in [1.82, 2.24) is 9.97 Å². The van der Waals surface area contributed by atoms with E-state index in [1.165, 1.54) is 0 Å². The Morgan fingerprint density at radius 3 is 2.81 bits per heavy atom. The van der Waals surface area contributed by atoms with Crippen LogP contribution in [0.15, 0.2) is 48.8 Å². The molecule has 0 atom stereocenters. The molecule has 1 aromatic carbocycles. The van der Waals surface area contributed by atoms with E-state index in [0.717, 1.165) is 10.9 Å². The van der Waals surface area contributed by atoms with Gasteiger partial charge in [0.05, 0.1) is 21.9 Å². The Morgan fingerprint density at radius 1 is 1.10 bits per heavy atom. The highest BCUT2D eigenvalue weighted by Crippen LogP contribution is 2.25. The van der Waals surface area contributed by atoms with Crippen LogP contribution in [0.3, 0.4) is 0 Å². The number of carbonyl (C=O) groups is 1. The van der Waals surface area contributed by atoms with Crippen LogP contribution in [0.1, 0.15) is 16.1 Å². The SMILES string of the molecule is Cc1nccc(NC(=O)c2cccc3ncccc23)c1Cl. The first-order valence-electron chi connectivity index (χ1n) is 6.43. The first-order valence-corrected chi connectivity index (χ1v) is 6.81. The lowest BCUT2D eigenvalue weighted by atomic mass is 10.1. The highest BCUT2D eigenvalue weighted by molar-refractivity contribution is 6.34. The lowest BCUT2D eigenvalue weighted by Crippen LogP contribution is -2.13. The fourth-order valence-electron chi connectivity index (χ4n) is 2.14. The third-order valence-electron chi connectivity index (χ3n) is 3.20. The number of aryl methyl sites for hydroxylation is 1. The summed E-state index contributed by atoms with van der Waals surface area (Å²) in [5.41, 5.74) is 2.57. The van der Waals surface area contributed by atoms with Crippen LogP contribution < -0.4 is 5.32 Å². The molecule has 2 heterocycles. The largest absolute Gasteiger partial charge is 0.321 e. The smallest absolute Gasteiger partial charge is 0.256 e. The first kappa shape index (κ1) is 13.5. The summed E-state index contributed by atoms with van der Waals surface area (Å²) in [4.78, 5) is 20.8. The van der Waals surface area contributed by atoms with Gasteiger partial charge in [-0.25, -0.2) is 0 Å². The standard InChI is InChI=1S/C16H12ClN3O/c1-10-15(17)14(7-9-18-10)20-16(21)12-4-2-6-13-11(12)5-3-8-19-13/h2-9H,1H3,(H,18,20,21). The molecular weight excluding hydrogens is 286 g/mol. The van der Waals surface area contributed by atoms with Crippen molar-refractivity contribution in [2.24, 2.45) is 0 Å². The summed E-state index contributed by atoms with van der Waals surface area (Å²) in [6.45, 7) is 1.79. The monoisotopic (exact) mass is 297 g/mol. The fourth-order valence-corrected chi connectivity index (χ4v) is 2.29. The molecule has 3 aromatic rings. The molecule has 0 spiro atoms. The molecule has 5 heteroatoms. The van der Waals surface area contributed by atoms with E-state index in [-0.39, 0.29) is 5.91 Å². The zero-order chi connectivity index (χ0) is 14.8. The van der Waals surface area contributed by atoms with Crippen molar-refractivity contribution in [2.45, 2.75) is 6.92 Å². The van der Waals surface area contributed by atoms with Gasteiger partial charge >= 0.3 is 0 Å². The van der Waals surface area contributed by atoms with E-state index in [9.17, 15) is 4.79 Å². The molecule has 0 unspecified atom stereocenters. The highest BCUT2D eigenvalue weighted by atomic mass is 35.5. The summed E-state index contributed by atoms with van der Waals surface area (Å²) >= 11 is 6.15. The molecule has 0 aliphatic carbocycles. The lowest BCUT2D eigenvalue weighted by Gasteiger charge is -2.10. The van der Waals surface area contributed by atoms with Gasteiger partial charge in [0.1, 0.15) is 0 Å². The molecule has 0 aliphatic rings. The molecule has 1 amide bonds. The maximum absolute atomic E-state index is 12.5. The van der Waals surface area contributed by atoms with Crippen molar-refractivity contribution in [2.75, 3.05) is 5.32 Å². The molecule has 104 valence electrons. The number of amides is 1. The molecule has 1 N–H and O–H groups in total. The molecule has 21 heavy (non-hydrogen) atoms. The van der Waals surface area contributed by atoms with Crippen molar-refractivity contribution < 1.29 is 4.79 Å². The topological polar surface area (TPSA) is 54.9 Å². The number of hydrogen-bond donors (Lipinski definition) is 1. The fraction of sp³-hybridized carbons (Fsp3) is 0.0625. The zero-order valence-electron chi connectivity index (χ0n) is 11.3. The molecule has 0 aliphatic heterocycles. The van der Waals surface area contributed by atoms with Gasteiger partial charge in [-0.15, -0.1) is 0 Å². The van der Waals surface area contributed by atoms with Crippen molar-refractivity contribution in [3.8, 4) is 0 Å². The van der Waals surface area contributed by atoms with Crippen molar-refractivity contribution in [3.63, 3.8) is 0 Å². The molecule has 0 fully saturated rings. The Balaban J connectivity index is 2.00. The molecule has 0 radical (unpaired) electrons. The minimum Gasteiger partial charge on any atom is -0.321 e. The second-order valence-electron chi connectivity index (χ2n) is 4.59. The van der Waals surface area contributed by atoms with E-state index in [4.69, 9.17) is 11.6 Å². The van der Waals surface area contributed by atoms with E-state index in [0.29, 0.717) is 22.0 Å². The Hall–Kier alpha value is -2.46. The molecule has 0 saturated carbocycles. The number of fused-ring (bicyclic) bond motifs is 1. The minimum atomic E-state index is -0.221. The van der Waals surface area contributed by atoms with Crippen LogP contribution in [-0.2, 0) is 0 Å². The number of pyridine rings is 2. The van der Waals surface area contributed by atoms with Crippen molar-refractivity contribution >= 4 is 34.1 Å². The summed E-state index contributed by atoms with van der Waals surface area (Å²) in [5, 5.41) is 4.07. The van der Waals surface area contributed by atoms with Crippen LogP contribution in [0.25, 0.3) is 10.9 Å². The second kappa shape index (κ2) is 5.50. The number of rotatable bonds is 2. The van der Waals surface area contributed by atoms with E-state index in [2.05, 4.69) is 15.3 Å². The van der Waals surface area contributed by atoms with Gasteiger partial charge in [-0.2, -0.15) is 0 Å². The Labute approximate surface area is 126 Å². The first-order chi connectivity index (χ1) is 10.2. The molecule has 3 rings (SSSR count). The second-order valence-corrected chi connectivity index (χ2v) is 4.97. The number of anilines is 1. The Morgan fingerprint density at radius 2 is 1.95 bits per heavy atom. The molecule has 0 saturated heterocycles. The maximum Gasteiger partial charge on any atom is 0.256 e. The molecular formula is C16H12ClN3O. The van der Waals surface area contributed by atoms with Crippen LogP contribution in [0, 0.1) is 6.92 Å². The van der Waals surface area contributed by atoms with Crippen molar-refractivity contribution in [3.05, 3.63) is 65.1 Å². The van der Waals surface area contributed by atoms with Crippen LogP contribution in [-0.4, -0.2) is 15.9 Å². The van der Waals surface area contributed by atoms with Crippen LogP contribution in [0.4, 0.5) is 5.69 Å². The van der Waals surface area contributed by atoms with E-state index in [1.807, 2.05) is 24.3 Å². The van der Waals surface area contributed by atoms with Crippen LogP contribution >= 0.6 is 11.6 Å². The van der Waals surface area contributed by atoms with E-state index >= 15 is 0 Å². The van der Waals surface area contributed by atoms with Gasteiger partial charge in [-0.1, -0.05) is 23.7 Å². The van der Waals surface area contributed by atoms with Gasteiger partial charge in [0.15, 0.2) is 0 Å². The summed E-state index contributed by atoms with van der Waals surface area (Å²) < 4.78 is 0. The van der Waals surface area contributed by atoms with Gasteiger partial charge in [0.25, 0.3) is 5.91 Å². The molecule has 2 aromatic heterocycles. The molecule has 0 bridgehead atoms. The number of benzene rings is 1.